The molecule has 3 heterocycles. The van der Waals surface area contributed by atoms with E-state index >= 15 is 0 Å². The van der Waals surface area contributed by atoms with Crippen molar-refractivity contribution in [2.45, 2.75) is 59.2 Å². The first-order chi connectivity index (χ1) is 29.0. The number of rotatable bonds is 7. The van der Waals surface area contributed by atoms with E-state index in [4.69, 9.17) is 9.40 Å². The molecule has 0 fully saturated rings. The number of fused-ring (bicyclic) bond motifs is 5. The monoisotopic (exact) mass is 988 g/mol. The molecule has 305 valence electrons. The molecule has 1 radical (unpaired) electrons. The van der Waals surface area contributed by atoms with Gasteiger partial charge in [0.2, 0.25) is 0 Å². The summed E-state index contributed by atoms with van der Waals surface area (Å²) >= 11 is 0. The fraction of sp³-hybridized carbons (Fsp3) is 0.164. The summed E-state index contributed by atoms with van der Waals surface area (Å²) in [5.74, 6) is 1.52. The fourth-order valence-corrected chi connectivity index (χ4v) is 9.24. The summed E-state index contributed by atoms with van der Waals surface area (Å²) in [5.41, 5.74) is 13.2. The molecule has 7 aromatic carbocycles. The summed E-state index contributed by atoms with van der Waals surface area (Å²) in [6.45, 7) is 16.2. The molecule has 61 heavy (non-hydrogen) atoms. The maximum Gasteiger partial charge on any atom is 0.120 e. The van der Waals surface area contributed by atoms with Gasteiger partial charge in [-0.05, 0) is 75.3 Å². The molecular weight excluding hydrogens is 939 g/mol. The van der Waals surface area contributed by atoms with Crippen molar-refractivity contribution in [1.29, 1.82) is 0 Å². The largest absolute Gasteiger partial charge is 0.500 e. The molecule has 0 bridgehead atoms. The normalized spacial score (nSPS) is 11.7. The number of hydrogen-bond acceptors (Lipinski definition) is 3. The van der Waals surface area contributed by atoms with Crippen LogP contribution in [-0.4, -0.2) is 22.6 Å². The minimum absolute atomic E-state index is 0. The topological polar surface area (TPSA) is 43.9 Å². The first kappa shape index (κ1) is 41.8. The summed E-state index contributed by atoms with van der Waals surface area (Å²) in [7, 11) is -1.28. The maximum atomic E-state index is 6.12. The molecule has 0 N–H and O–H groups in total. The molecule has 3 aromatic heterocycles. The summed E-state index contributed by atoms with van der Waals surface area (Å²) in [6.07, 6.45) is 2.04. The van der Waals surface area contributed by atoms with Gasteiger partial charge in [0.1, 0.15) is 5.58 Å². The number of para-hydroxylation sites is 3. The number of benzene rings is 7. The van der Waals surface area contributed by atoms with E-state index in [1.807, 2.05) is 30.5 Å². The first-order valence-electron chi connectivity index (χ1n) is 21.0. The molecule has 6 heteroatoms. The third-order valence-electron chi connectivity index (χ3n) is 11.5. The van der Waals surface area contributed by atoms with E-state index < -0.39 is 8.07 Å². The van der Waals surface area contributed by atoms with E-state index in [0.29, 0.717) is 11.8 Å². The molecule has 0 amide bonds. The summed E-state index contributed by atoms with van der Waals surface area (Å²) < 4.78 is 8.48. The number of nitrogens with zero attached hydrogens (tertiary/aromatic N) is 3. The molecule has 4 nitrogen and oxygen atoms in total. The first-order valence-corrected chi connectivity index (χ1v) is 24.5. The third kappa shape index (κ3) is 8.16. The van der Waals surface area contributed by atoms with E-state index in [0.717, 1.165) is 55.6 Å². The zero-order valence-electron chi connectivity index (χ0n) is 35.7. The number of imidazole rings is 1. The number of pyridine rings is 1. The molecule has 0 aliphatic rings. The molecular formula is C55H49IrN3OSi-2. The predicted molar refractivity (Wildman–Crippen MR) is 255 cm³/mol. The molecule has 0 atom stereocenters. The Hall–Kier alpha value is -5.91. The van der Waals surface area contributed by atoms with Gasteiger partial charge in [-0.1, -0.05) is 155 Å². The van der Waals surface area contributed by atoms with E-state index in [-0.39, 0.29) is 20.1 Å². The molecule has 10 aromatic rings. The minimum atomic E-state index is -1.28. The van der Waals surface area contributed by atoms with Gasteiger partial charge in [-0.25, -0.2) is 0 Å². The van der Waals surface area contributed by atoms with Crippen LogP contribution in [0.2, 0.25) is 19.6 Å². The molecule has 0 aliphatic heterocycles. The minimum Gasteiger partial charge on any atom is -0.500 e. The molecule has 10 rings (SSSR count). The van der Waals surface area contributed by atoms with Crippen LogP contribution in [-0.2, 0) is 20.1 Å². The van der Waals surface area contributed by atoms with Crippen LogP contribution >= 0.6 is 0 Å². The maximum absolute atomic E-state index is 6.12. The molecule has 0 unspecified atom stereocenters. The third-order valence-corrected chi connectivity index (χ3v) is 13.5. The van der Waals surface area contributed by atoms with Crippen LogP contribution in [0, 0.1) is 12.1 Å². The fourth-order valence-electron chi connectivity index (χ4n) is 8.21. The smallest absolute Gasteiger partial charge is 0.120 e. The number of hydrogen-bond donors (Lipinski definition) is 0. The Balaban J connectivity index is 0.000000206. The van der Waals surface area contributed by atoms with Crippen molar-refractivity contribution < 1.29 is 24.5 Å². The Labute approximate surface area is 373 Å². The molecule has 0 spiro atoms. The van der Waals surface area contributed by atoms with Gasteiger partial charge in [0, 0.05) is 37.4 Å². The van der Waals surface area contributed by atoms with Crippen molar-refractivity contribution >= 4 is 57.0 Å². The van der Waals surface area contributed by atoms with Gasteiger partial charge < -0.3 is 14.0 Å². The van der Waals surface area contributed by atoms with Crippen LogP contribution in [0.15, 0.2) is 162 Å². The van der Waals surface area contributed by atoms with Crippen molar-refractivity contribution in [2.75, 3.05) is 0 Å². The zero-order chi connectivity index (χ0) is 41.5. The Morgan fingerprint density at radius 1 is 0.623 bits per heavy atom. The van der Waals surface area contributed by atoms with Crippen molar-refractivity contribution in [3.63, 3.8) is 0 Å². The predicted octanol–water partition coefficient (Wildman–Crippen LogP) is 14.6. The van der Waals surface area contributed by atoms with Crippen LogP contribution in [0.4, 0.5) is 0 Å². The molecule has 0 aliphatic carbocycles. The van der Waals surface area contributed by atoms with Crippen molar-refractivity contribution in [2.24, 2.45) is 0 Å². The van der Waals surface area contributed by atoms with Gasteiger partial charge in [-0.2, -0.15) is 0 Å². The SMILES string of the molecule is CC(C)c1cc(-c2ccccc2)cc(C(C)C)c1-n1c(-c2[c-]cc3oc4ccccc4c3c2)nc2ccccc21.C[Si](C)(C)c1ccc(-c2[c-]ccc3ccccc23)nc1.[Ir]. The Morgan fingerprint density at radius 3 is 2.00 bits per heavy atom. The average Bonchev–Trinajstić information content (AvgIpc) is 3.84. The van der Waals surface area contributed by atoms with Gasteiger partial charge in [0.15, 0.2) is 0 Å². The second kappa shape index (κ2) is 17.2. The number of aromatic nitrogens is 3. The Morgan fingerprint density at radius 2 is 1.30 bits per heavy atom. The summed E-state index contributed by atoms with van der Waals surface area (Å²) in [6, 6.07) is 59.9. The van der Waals surface area contributed by atoms with Gasteiger partial charge in [0.05, 0.1) is 30.5 Å². The standard InChI is InChI=1S/C37H31N2O.C18H18NSi.Ir/c1-23(2)29-21-27(25-12-6-5-7-13-25)22-30(24(3)4)36(29)39-33-16-10-9-15-32(33)38-37(39)26-18-19-35-31(20-26)28-14-8-11-17-34(28)40-35;1-20(2,3)15-11-12-18(19-13-15)17-10-6-8-14-7-4-5-9-16(14)17;/h5-17,19-24H,1-4H3;4-9,11-13H,1-3H3;/q2*-1;. The number of furan rings is 1. The Kier molecular flexibility index (Phi) is 11.8. The van der Waals surface area contributed by atoms with Crippen LogP contribution in [0.5, 0.6) is 0 Å². The van der Waals surface area contributed by atoms with Gasteiger partial charge in [0.25, 0.3) is 0 Å². The summed E-state index contributed by atoms with van der Waals surface area (Å²) in [4.78, 5) is 9.88. The van der Waals surface area contributed by atoms with Crippen LogP contribution in [0.1, 0.15) is 50.7 Å². The Bertz CT molecular complexity index is 3100. The van der Waals surface area contributed by atoms with Gasteiger partial charge in [-0.3, -0.25) is 4.98 Å². The van der Waals surface area contributed by atoms with E-state index in [1.165, 1.54) is 43.9 Å². The second-order valence-electron chi connectivity index (χ2n) is 17.3. The van der Waals surface area contributed by atoms with Crippen LogP contribution < -0.4 is 5.19 Å². The van der Waals surface area contributed by atoms with Crippen molar-refractivity contribution in [1.82, 2.24) is 14.5 Å². The van der Waals surface area contributed by atoms with Gasteiger partial charge >= 0.3 is 0 Å². The molecule has 0 saturated heterocycles. The quantitative estimate of drug-likeness (QED) is 0.118. The average molecular weight is 988 g/mol. The van der Waals surface area contributed by atoms with Gasteiger partial charge in [-0.15, -0.1) is 52.9 Å². The van der Waals surface area contributed by atoms with Crippen LogP contribution in [0.25, 0.3) is 83.2 Å². The van der Waals surface area contributed by atoms with Crippen molar-refractivity contribution in [3.8, 4) is 39.5 Å². The van der Waals surface area contributed by atoms with E-state index in [2.05, 4.69) is 196 Å². The second-order valence-corrected chi connectivity index (χ2v) is 22.4. The summed E-state index contributed by atoms with van der Waals surface area (Å²) in [5, 5.41) is 6.02. The zero-order valence-corrected chi connectivity index (χ0v) is 39.1. The van der Waals surface area contributed by atoms with E-state index in [1.54, 1.807) is 0 Å². The van der Waals surface area contributed by atoms with Crippen molar-refractivity contribution in [3.05, 3.63) is 181 Å². The van der Waals surface area contributed by atoms with E-state index in [9.17, 15) is 0 Å². The van der Waals surface area contributed by atoms with Crippen LogP contribution in [0.3, 0.4) is 0 Å². The molecule has 0 saturated carbocycles.